The monoisotopic (exact) mass is 539 g/mol. The molecule has 0 fully saturated rings. The minimum atomic E-state index is -4.79. The molecule has 0 aliphatic carbocycles. The molecule has 0 bridgehead atoms. The van der Waals surface area contributed by atoms with Gasteiger partial charge in [0.2, 0.25) is 5.91 Å². The second-order valence-electron chi connectivity index (χ2n) is 9.16. The van der Waals surface area contributed by atoms with Crippen LogP contribution in [0.25, 0.3) is 11.0 Å². The van der Waals surface area contributed by atoms with E-state index in [9.17, 15) is 27.9 Å². The van der Waals surface area contributed by atoms with Crippen LogP contribution in [0.2, 0.25) is 0 Å². The van der Waals surface area contributed by atoms with E-state index >= 15 is 0 Å². The number of carboxylic acid groups (broad SMARTS) is 1. The average molecular weight is 540 g/mol. The van der Waals surface area contributed by atoms with E-state index in [-0.39, 0.29) is 35.9 Å². The predicted molar refractivity (Wildman–Crippen MR) is 135 cm³/mol. The van der Waals surface area contributed by atoms with E-state index in [1.54, 1.807) is 29.3 Å². The molecule has 1 aliphatic heterocycles. The van der Waals surface area contributed by atoms with Gasteiger partial charge < -0.3 is 24.0 Å². The number of ether oxygens (including phenoxy) is 2. The van der Waals surface area contributed by atoms with Crippen LogP contribution >= 0.6 is 0 Å². The number of benzene rings is 2. The molecule has 39 heavy (non-hydrogen) atoms. The van der Waals surface area contributed by atoms with Crippen LogP contribution in [0.4, 0.5) is 13.2 Å². The van der Waals surface area contributed by atoms with Crippen molar-refractivity contribution < 1.29 is 37.3 Å². The number of hydrogen-bond acceptors (Lipinski definition) is 5. The lowest BCUT2D eigenvalue weighted by Crippen LogP contribution is -2.37. The molecule has 3 heterocycles. The van der Waals surface area contributed by atoms with Crippen molar-refractivity contribution in [3.8, 4) is 11.5 Å². The molecule has 1 aliphatic rings. The Morgan fingerprint density at radius 3 is 2.64 bits per heavy atom. The molecule has 4 aromatic rings. The third-order valence-corrected chi connectivity index (χ3v) is 6.69. The second kappa shape index (κ2) is 10.3. The van der Waals surface area contributed by atoms with Crippen molar-refractivity contribution in [3.63, 3.8) is 0 Å². The molecule has 0 radical (unpaired) electrons. The highest BCUT2D eigenvalue weighted by Crippen LogP contribution is 2.32. The van der Waals surface area contributed by atoms with Gasteiger partial charge in [-0.2, -0.15) is 0 Å². The SMILES string of the molecule is COc1cc(CC(=O)N2CCc3c(n(Cc4cccc(OC(F)(F)F)c4)c4ncccc34)C2)ccc1C(=O)O. The lowest BCUT2D eigenvalue weighted by atomic mass is 10.0. The van der Waals surface area contributed by atoms with Crippen molar-refractivity contribution in [2.45, 2.75) is 32.3 Å². The highest BCUT2D eigenvalue weighted by Gasteiger charge is 2.31. The van der Waals surface area contributed by atoms with Gasteiger partial charge in [0, 0.05) is 30.4 Å². The first kappa shape index (κ1) is 26.1. The fraction of sp³-hybridized carbons (Fsp3) is 0.250. The number of methoxy groups -OCH3 is 1. The molecule has 11 heteroatoms. The summed E-state index contributed by atoms with van der Waals surface area (Å²) < 4.78 is 49.4. The van der Waals surface area contributed by atoms with Crippen LogP contribution in [-0.2, 0) is 30.7 Å². The maximum atomic E-state index is 13.3. The van der Waals surface area contributed by atoms with Gasteiger partial charge in [0.1, 0.15) is 22.7 Å². The normalized spacial score (nSPS) is 13.3. The van der Waals surface area contributed by atoms with Gasteiger partial charge in [-0.3, -0.25) is 4.79 Å². The van der Waals surface area contributed by atoms with Crippen LogP contribution < -0.4 is 9.47 Å². The van der Waals surface area contributed by atoms with Gasteiger partial charge in [-0.15, -0.1) is 13.2 Å². The smallest absolute Gasteiger partial charge is 0.496 e. The molecule has 0 saturated carbocycles. The number of aromatic carboxylic acids is 1. The minimum Gasteiger partial charge on any atom is -0.496 e. The molecule has 8 nitrogen and oxygen atoms in total. The maximum absolute atomic E-state index is 13.3. The number of alkyl halides is 3. The van der Waals surface area contributed by atoms with Crippen LogP contribution in [0.5, 0.6) is 11.5 Å². The van der Waals surface area contributed by atoms with Crippen molar-refractivity contribution in [2.24, 2.45) is 0 Å². The molecule has 0 unspecified atom stereocenters. The van der Waals surface area contributed by atoms with Crippen LogP contribution in [0.3, 0.4) is 0 Å². The first-order valence-electron chi connectivity index (χ1n) is 12.1. The molecule has 1 N–H and O–H groups in total. The Morgan fingerprint density at radius 2 is 1.90 bits per heavy atom. The summed E-state index contributed by atoms with van der Waals surface area (Å²) >= 11 is 0. The topological polar surface area (TPSA) is 93.9 Å². The molecule has 2 aromatic heterocycles. The van der Waals surface area contributed by atoms with E-state index in [4.69, 9.17) is 4.74 Å². The number of pyridine rings is 1. The van der Waals surface area contributed by atoms with Gasteiger partial charge in [-0.05, 0) is 59.5 Å². The predicted octanol–water partition coefficient (Wildman–Crippen LogP) is 4.82. The van der Waals surface area contributed by atoms with Gasteiger partial charge >= 0.3 is 12.3 Å². The highest BCUT2D eigenvalue weighted by atomic mass is 19.4. The Kier molecular flexibility index (Phi) is 6.90. The van der Waals surface area contributed by atoms with Crippen molar-refractivity contribution in [1.29, 1.82) is 0 Å². The fourth-order valence-corrected chi connectivity index (χ4v) is 4.98. The number of carbonyl (C=O) groups excluding carboxylic acids is 1. The van der Waals surface area contributed by atoms with E-state index in [0.717, 1.165) is 16.6 Å². The number of rotatable bonds is 7. The number of amides is 1. The number of carboxylic acids is 1. The third-order valence-electron chi connectivity index (χ3n) is 6.69. The summed E-state index contributed by atoms with van der Waals surface area (Å²) in [5.41, 5.74) is 3.83. The number of nitrogens with zero attached hydrogens (tertiary/aromatic N) is 3. The largest absolute Gasteiger partial charge is 0.573 e. The zero-order valence-corrected chi connectivity index (χ0v) is 20.9. The number of hydrogen-bond donors (Lipinski definition) is 1. The van der Waals surface area contributed by atoms with E-state index in [2.05, 4.69) is 9.72 Å². The van der Waals surface area contributed by atoms with Crippen LogP contribution in [-0.4, -0.2) is 51.5 Å². The standard InChI is InChI=1S/C28H24F3N3O5/c1-38-24-13-17(7-8-22(24)27(36)37)14-25(35)33-11-9-20-21-6-3-10-32-26(21)34(23(20)16-33)15-18-4-2-5-19(12-18)39-28(29,30)31/h2-8,10,12-13H,9,11,14-16H2,1H3,(H,36,37). The average Bonchev–Trinajstić information content (AvgIpc) is 3.20. The van der Waals surface area contributed by atoms with Gasteiger partial charge in [0.05, 0.1) is 20.1 Å². The zero-order valence-electron chi connectivity index (χ0n) is 20.9. The van der Waals surface area contributed by atoms with Crippen LogP contribution in [0.1, 0.15) is 32.7 Å². The van der Waals surface area contributed by atoms with E-state index in [0.29, 0.717) is 36.3 Å². The molecule has 0 saturated heterocycles. The highest BCUT2D eigenvalue weighted by molar-refractivity contribution is 5.91. The Balaban J connectivity index is 1.42. The molecular formula is C28H24F3N3O5. The van der Waals surface area contributed by atoms with Crippen molar-refractivity contribution in [2.75, 3.05) is 13.7 Å². The lowest BCUT2D eigenvalue weighted by Gasteiger charge is -2.29. The zero-order chi connectivity index (χ0) is 27.7. The molecule has 1 amide bonds. The van der Waals surface area contributed by atoms with E-state index in [1.807, 2.05) is 16.7 Å². The quantitative estimate of drug-likeness (QED) is 0.362. The lowest BCUT2D eigenvalue weighted by molar-refractivity contribution is -0.274. The second-order valence-corrected chi connectivity index (χ2v) is 9.16. The molecule has 5 rings (SSSR count). The van der Waals surface area contributed by atoms with Crippen molar-refractivity contribution >= 4 is 22.9 Å². The number of carbonyl (C=O) groups is 2. The first-order chi connectivity index (χ1) is 18.6. The summed E-state index contributed by atoms with van der Waals surface area (Å²) in [4.78, 5) is 30.9. The fourth-order valence-electron chi connectivity index (χ4n) is 4.98. The van der Waals surface area contributed by atoms with E-state index in [1.165, 1.54) is 31.4 Å². The van der Waals surface area contributed by atoms with Crippen LogP contribution in [0, 0.1) is 0 Å². The first-order valence-corrected chi connectivity index (χ1v) is 12.1. The van der Waals surface area contributed by atoms with Crippen molar-refractivity contribution in [1.82, 2.24) is 14.5 Å². The van der Waals surface area contributed by atoms with Gasteiger partial charge in [0.25, 0.3) is 0 Å². The van der Waals surface area contributed by atoms with Crippen LogP contribution in [0.15, 0.2) is 60.8 Å². The van der Waals surface area contributed by atoms with Gasteiger partial charge in [0.15, 0.2) is 0 Å². The number of fused-ring (bicyclic) bond motifs is 3. The molecule has 0 spiro atoms. The van der Waals surface area contributed by atoms with E-state index < -0.39 is 12.3 Å². The summed E-state index contributed by atoms with van der Waals surface area (Å²) in [5, 5.41) is 10.2. The summed E-state index contributed by atoms with van der Waals surface area (Å²) in [7, 11) is 1.37. The Morgan fingerprint density at radius 1 is 1.08 bits per heavy atom. The summed E-state index contributed by atoms with van der Waals surface area (Å²) in [6.07, 6.45) is -2.49. The Labute approximate surface area is 221 Å². The molecule has 2 aromatic carbocycles. The summed E-state index contributed by atoms with van der Waals surface area (Å²) in [6.45, 7) is 1.03. The molecular weight excluding hydrogens is 515 g/mol. The molecule has 0 atom stereocenters. The van der Waals surface area contributed by atoms with Gasteiger partial charge in [-0.25, -0.2) is 9.78 Å². The third kappa shape index (κ3) is 5.52. The summed E-state index contributed by atoms with van der Waals surface area (Å²) in [5.74, 6) is -1.39. The van der Waals surface area contributed by atoms with Crippen molar-refractivity contribution in [3.05, 3.63) is 88.7 Å². The summed E-state index contributed by atoms with van der Waals surface area (Å²) in [6, 6.07) is 14.1. The Bertz CT molecular complexity index is 1560. The molecule has 202 valence electrons. The minimum absolute atomic E-state index is 0.0121. The Hall–Kier alpha value is -4.54. The number of halogens is 3. The maximum Gasteiger partial charge on any atom is 0.573 e. The van der Waals surface area contributed by atoms with Gasteiger partial charge in [-0.1, -0.05) is 18.2 Å². The number of aromatic nitrogens is 2.